The summed E-state index contributed by atoms with van der Waals surface area (Å²) in [6.45, 7) is 14.6. The van der Waals surface area contributed by atoms with Crippen molar-refractivity contribution < 1.29 is 9.84 Å². The second-order valence-corrected chi connectivity index (χ2v) is 9.32. The van der Waals surface area contributed by atoms with Gasteiger partial charge in [0.15, 0.2) is 0 Å². The Morgan fingerprint density at radius 3 is 1.86 bits per heavy atom. The zero-order valence-corrected chi connectivity index (χ0v) is 14.9. The molecule has 2 rings (SSSR count). The number of aliphatic hydroxyl groups is 1. The molecule has 2 unspecified atom stereocenters. The smallest absolute Gasteiger partial charge is 0.0917 e. The van der Waals surface area contributed by atoms with Crippen LogP contribution < -0.4 is 0 Å². The predicted molar refractivity (Wildman–Crippen MR) is 90.3 cm³/mol. The van der Waals surface area contributed by atoms with Crippen molar-refractivity contribution >= 4 is 11.8 Å². The Bertz CT molecular complexity index is 465. The van der Waals surface area contributed by atoms with Gasteiger partial charge < -0.3 is 9.84 Å². The van der Waals surface area contributed by atoms with Crippen molar-refractivity contribution in [2.75, 3.05) is 13.2 Å². The van der Waals surface area contributed by atoms with E-state index in [1.807, 2.05) is 0 Å². The molecule has 118 valence electrons. The Hall–Kier alpha value is -0.510. The summed E-state index contributed by atoms with van der Waals surface area (Å²) in [6.07, 6.45) is -0.355. The zero-order chi connectivity index (χ0) is 15.8. The average molecular weight is 308 g/mol. The number of rotatable bonds is 2. The van der Waals surface area contributed by atoms with Crippen LogP contribution in [0.25, 0.3) is 0 Å². The molecule has 1 fully saturated rings. The molecule has 0 aliphatic carbocycles. The van der Waals surface area contributed by atoms with Gasteiger partial charge in [-0.1, -0.05) is 47.6 Å². The first-order valence-electron chi connectivity index (χ1n) is 7.66. The van der Waals surface area contributed by atoms with Crippen molar-refractivity contribution in [2.24, 2.45) is 0 Å². The first-order valence-corrected chi connectivity index (χ1v) is 8.54. The summed E-state index contributed by atoms with van der Waals surface area (Å²) in [5.41, 5.74) is 2.96. The van der Waals surface area contributed by atoms with Crippen LogP contribution in [0.15, 0.2) is 23.1 Å². The predicted octanol–water partition coefficient (Wildman–Crippen LogP) is 4.13. The molecule has 0 amide bonds. The van der Waals surface area contributed by atoms with Crippen LogP contribution in [0.4, 0.5) is 0 Å². The van der Waals surface area contributed by atoms with E-state index < -0.39 is 0 Å². The van der Waals surface area contributed by atoms with Crippen LogP contribution in [0, 0.1) is 0 Å². The van der Waals surface area contributed by atoms with Gasteiger partial charge in [0.2, 0.25) is 0 Å². The van der Waals surface area contributed by atoms with Crippen molar-refractivity contribution in [3.8, 4) is 0 Å². The molecule has 1 aromatic carbocycles. The number of benzene rings is 1. The van der Waals surface area contributed by atoms with E-state index in [2.05, 4.69) is 59.7 Å². The van der Waals surface area contributed by atoms with Gasteiger partial charge in [-0.2, -0.15) is 0 Å². The molecular formula is C18H28O2S. The summed E-state index contributed by atoms with van der Waals surface area (Å²) in [5, 5.41) is 10.1. The molecule has 0 saturated carbocycles. The van der Waals surface area contributed by atoms with Crippen LogP contribution in [0.1, 0.15) is 52.7 Å². The van der Waals surface area contributed by atoms with Gasteiger partial charge in [0.1, 0.15) is 0 Å². The highest BCUT2D eigenvalue weighted by Gasteiger charge is 2.28. The number of hydrogen-bond donors (Lipinski definition) is 1. The average Bonchev–Trinajstić information content (AvgIpc) is 2.72. The quantitative estimate of drug-likeness (QED) is 0.890. The summed E-state index contributed by atoms with van der Waals surface area (Å²) in [5.74, 6) is 0. The molecule has 1 saturated heterocycles. The third-order valence-electron chi connectivity index (χ3n) is 3.93. The monoisotopic (exact) mass is 308 g/mol. The SMILES string of the molecule is CC(C)(C)c1cc(SC2COCC2O)cc(C(C)(C)C)c1. The molecule has 3 heteroatoms. The molecule has 0 spiro atoms. The second-order valence-electron chi connectivity index (χ2n) is 8.01. The molecule has 1 aromatic rings. The van der Waals surface area contributed by atoms with Gasteiger partial charge >= 0.3 is 0 Å². The third kappa shape index (κ3) is 4.24. The van der Waals surface area contributed by atoms with E-state index in [-0.39, 0.29) is 22.2 Å². The fourth-order valence-corrected chi connectivity index (χ4v) is 3.48. The third-order valence-corrected chi connectivity index (χ3v) is 5.19. The van der Waals surface area contributed by atoms with Gasteiger partial charge in [-0.05, 0) is 34.1 Å². The van der Waals surface area contributed by atoms with Gasteiger partial charge in [0, 0.05) is 4.90 Å². The standard InChI is InChI=1S/C18H28O2S/c1-17(2,3)12-7-13(18(4,5)6)9-14(8-12)21-16-11-20-10-15(16)19/h7-9,15-16,19H,10-11H2,1-6H3. The lowest BCUT2D eigenvalue weighted by Gasteiger charge is -2.26. The summed E-state index contributed by atoms with van der Waals surface area (Å²) in [6, 6.07) is 6.86. The molecule has 2 atom stereocenters. The molecule has 0 radical (unpaired) electrons. The van der Waals surface area contributed by atoms with Crippen LogP contribution in [0.5, 0.6) is 0 Å². The highest BCUT2D eigenvalue weighted by atomic mass is 32.2. The Morgan fingerprint density at radius 2 is 1.48 bits per heavy atom. The largest absolute Gasteiger partial charge is 0.389 e. The van der Waals surface area contributed by atoms with Gasteiger partial charge in [0.05, 0.1) is 24.6 Å². The highest BCUT2D eigenvalue weighted by Crippen LogP contribution is 2.36. The lowest BCUT2D eigenvalue weighted by Crippen LogP contribution is -2.20. The lowest BCUT2D eigenvalue weighted by atomic mass is 9.81. The van der Waals surface area contributed by atoms with Crippen LogP contribution >= 0.6 is 11.8 Å². The molecule has 0 bridgehead atoms. The zero-order valence-electron chi connectivity index (χ0n) is 14.1. The Balaban J connectivity index is 2.36. The van der Waals surface area contributed by atoms with Gasteiger partial charge in [-0.3, -0.25) is 0 Å². The summed E-state index contributed by atoms with van der Waals surface area (Å²) in [4.78, 5) is 1.24. The first-order chi connectivity index (χ1) is 9.57. The van der Waals surface area contributed by atoms with Gasteiger partial charge in [-0.25, -0.2) is 0 Å². The number of ether oxygens (including phenoxy) is 1. The van der Waals surface area contributed by atoms with Crippen LogP contribution in [0.3, 0.4) is 0 Å². The van der Waals surface area contributed by atoms with Crippen molar-refractivity contribution in [3.63, 3.8) is 0 Å². The van der Waals surface area contributed by atoms with Crippen molar-refractivity contribution in [1.82, 2.24) is 0 Å². The normalized spacial score (nSPS) is 23.6. The Morgan fingerprint density at radius 1 is 0.952 bits per heavy atom. The summed E-state index contributed by atoms with van der Waals surface area (Å²) < 4.78 is 5.37. The van der Waals surface area contributed by atoms with E-state index in [1.165, 1.54) is 16.0 Å². The van der Waals surface area contributed by atoms with E-state index in [4.69, 9.17) is 4.74 Å². The van der Waals surface area contributed by atoms with Crippen LogP contribution in [-0.2, 0) is 15.6 Å². The molecule has 1 aliphatic rings. The summed E-state index contributed by atoms with van der Waals surface area (Å²) in [7, 11) is 0. The maximum Gasteiger partial charge on any atom is 0.0917 e. The molecular weight excluding hydrogens is 280 g/mol. The molecule has 2 nitrogen and oxygen atoms in total. The van der Waals surface area contributed by atoms with E-state index in [0.717, 1.165) is 0 Å². The minimum Gasteiger partial charge on any atom is -0.389 e. The maximum atomic E-state index is 9.96. The second kappa shape index (κ2) is 5.94. The summed E-state index contributed by atoms with van der Waals surface area (Å²) >= 11 is 1.74. The van der Waals surface area contributed by atoms with Crippen LogP contribution in [0.2, 0.25) is 0 Å². The fraction of sp³-hybridized carbons (Fsp3) is 0.667. The molecule has 1 heterocycles. The van der Waals surface area contributed by atoms with Crippen molar-refractivity contribution in [3.05, 3.63) is 29.3 Å². The minimum absolute atomic E-state index is 0.126. The van der Waals surface area contributed by atoms with Gasteiger partial charge in [-0.15, -0.1) is 11.8 Å². The van der Waals surface area contributed by atoms with E-state index in [9.17, 15) is 5.11 Å². The molecule has 1 aliphatic heterocycles. The molecule has 0 aromatic heterocycles. The Kier molecular flexibility index (Phi) is 4.77. The van der Waals surface area contributed by atoms with Crippen molar-refractivity contribution in [1.29, 1.82) is 0 Å². The van der Waals surface area contributed by atoms with Crippen molar-refractivity contribution in [2.45, 2.75) is 68.6 Å². The maximum absolute atomic E-state index is 9.96. The van der Waals surface area contributed by atoms with E-state index >= 15 is 0 Å². The van der Waals surface area contributed by atoms with E-state index in [1.54, 1.807) is 11.8 Å². The highest BCUT2D eigenvalue weighted by molar-refractivity contribution is 8.00. The number of hydrogen-bond acceptors (Lipinski definition) is 3. The van der Waals surface area contributed by atoms with Crippen LogP contribution in [-0.4, -0.2) is 29.7 Å². The Labute approximate surface area is 133 Å². The molecule has 1 N–H and O–H groups in total. The fourth-order valence-electron chi connectivity index (χ4n) is 2.34. The number of aliphatic hydroxyl groups excluding tert-OH is 1. The minimum atomic E-state index is -0.355. The van der Waals surface area contributed by atoms with E-state index in [0.29, 0.717) is 13.2 Å². The van der Waals surface area contributed by atoms with Gasteiger partial charge in [0.25, 0.3) is 0 Å². The lowest BCUT2D eigenvalue weighted by molar-refractivity contribution is 0.127. The molecule has 21 heavy (non-hydrogen) atoms. The first kappa shape index (κ1) is 16.9. The topological polar surface area (TPSA) is 29.5 Å². The number of thioether (sulfide) groups is 1.